The van der Waals surface area contributed by atoms with Crippen LogP contribution in [0.1, 0.15) is 6.42 Å². The number of rotatable bonds is 5. The number of aliphatic carboxylic acids is 1. The lowest BCUT2D eigenvalue weighted by atomic mass is 10.0. The van der Waals surface area contributed by atoms with Crippen LogP contribution in [0.15, 0.2) is 0 Å². The number of nitrogens with two attached hydrogens (primary N) is 2. The Hall–Kier alpha value is -1.17. The van der Waals surface area contributed by atoms with E-state index in [9.17, 15) is 14.0 Å². The minimum atomic E-state index is -1.27. The number of hydrogen-bond acceptors (Lipinski definition) is 3. The number of carboxylic acid groups (broad SMARTS) is 1. The van der Waals surface area contributed by atoms with Crippen LogP contribution in [0.25, 0.3) is 0 Å². The average Bonchev–Trinajstić information content (AvgIpc) is 1.98. The molecule has 0 aliphatic rings. The van der Waals surface area contributed by atoms with E-state index in [1.807, 2.05) is 0 Å². The summed E-state index contributed by atoms with van der Waals surface area (Å²) in [4.78, 5) is 20.6. The molecule has 12 heavy (non-hydrogen) atoms. The molecule has 6 heteroatoms. The van der Waals surface area contributed by atoms with E-state index in [1.165, 1.54) is 0 Å². The average molecular weight is 178 g/mol. The van der Waals surface area contributed by atoms with Crippen LogP contribution in [0, 0.1) is 5.92 Å². The van der Waals surface area contributed by atoms with Crippen LogP contribution in [-0.2, 0) is 9.59 Å². The summed E-state index contributed by atoms with van der Waals surface area (Å²) in [5.41, 5.74) is 9.82. The molecule has 0 aromatic rings. The first-order valence-corrected chi connectivity index (χ1v) is 3.32. The molecule has 0 heterocycles. The van der Waals surface area contributed by atoms with Crippen molar-refractivity contribution in [3.63, 3.8) is 0 Å². The molecule has 0 aromatic heterocycles. The third-order valence-electron chi connectivity index (χ3n) is 1.44. The number of primary amides is 1. The Morgan fingerprint density at radius 1 is 1.50 bits per heavy atom. The van der Waals surface area contributed by atoms with E-state index in [0.29, 0.717) is 0 Å². The third kappa shape index (κ3) is 3.29. The number of carbonyl (C=O) groups excluding carboxylic acids is 1. The smallest absolute Gasteiger partial charge is 0.320 e. The van der Waals surface area contributed by atoms with Gasteiger partial charge in [-0.3, -0.25) is 14.0 Å². The number of carbonyl (C=O) groups is 2. The quantitative estimate of drug-likeness (QED) is 0.494. The fourth-order valence-corrected chi connectivity index (χ4v) is 0.663. The molecule has 0 fully saturated rings. The van der Waals surface area contributed by atoms with Crippen LogP contribution in [0.5, 0.6) is 0 Å². The highest BCUT2D eigenvalue weighted by molar-refractivity contribution is 5.79. The lowest BCUT2D eigenvalue weighted by Crippen LogP contribution is -2.37. The van der Waals surface area contributed by atoms with Gasteiger partial charge in [-0.25, -0.2) is 0 Å². The molecule has 0 bridgehead atoms. The monoisotopic (exact) mass is 178 g/mol. The molecule has 70 valence electrons. The van der Waals surface area contributed by atoms with Crippen molar-refractivity contribution in [2.24, 2.45) is 17.4 Å². The normalized spacial score (nSPS) is 15.2. The zero-order chi connectivity index (χ0) is 9.72. The Morgan fingerprint density at radius 3 is 2.25 bits per heavy atom. The van der Waals surface area contributed by atoms with Gasteiger partial charge in [-0.05, 0) is 6.42 Å². The van der Waals surface area contributed by atoms with Crippen LogP contribution < -0.4 is 11.5 Å². The molecular formula is C6H11FN2O3. The Bertz CT molecular complexity index is 186. The molecule has 5 nitrogen and oxygen atoms in total. The zero-order valence-electron chi connectivity index (χ0n) is 6.37. The third-order valence-corrected chi connectivity index (χ3v) is 1.44. The number of amides is 1. The Morgan fingerprint density at radius 2 is 2.00 bits per heavy atom. The lowest BCUT2D eigenvalue weighted by Gasteiger charge is -2.11. The molecule has 0 saturated carbocycles. The van der Waals surface area contributed by atoms with Gasteiger partial charge in [-0.15, -0.1) is 0 Å². The zero-order valence-corrected chi connectivity index (χ0v) is 6.37. The molecule has 0 saturated heterocycles. The van der Waals surface area contributed by atoms with Gasteiger partial charge in [0.25, 0.3) is 0 Å². The first-order valence-electron chi connectivity index (χ1n) is 3.32. The molecule has 2 atom stereocenters. The van der Waals surface area contributed by atoms with Crippen LogP contribution in [0.3, 0.4) is 0 Å². The van der Waals surface area contributed by atoms with Crippen LogP contribution in [0.4, 0.5) is 4.39 Å². The summed E-state index contributed by atoms with van der Waals surface area (Å²) in [5, 5.41) is 8.31. The standard InChI is InChI=1S/C6H11FN2O3/c7-2-3(5(9)10)1-4(8)6(11)12/h3-4H,1-2,8H2,(H2,9,10)(H,11,12)/t3-,4?/m1/s1. The van der Waals surface area contributed by atoms with Crippen molar-refractivity contribution in [3.8, 4) is 0 Å². The highest BCUT2D eigenvalue weighted by atomic mass is 19.1. The van der Waals surface area contributed by atoms with Gasteiger partial charge in [0.05, 0.1) is 5.92 Å². The van der Waals surface area contributed by atoms with Crippen molar-refractivity contribution in [2.45, 2.75) is 12.5 Å². The molecule has 0 aliphatic heterocycles. The maximum atomic E-state index is 12.0. The number of hydrogen-bond donors (Lipinski definition) is 3. The lowest BCUT2D eigenvalue weighted by molar-refractivity contribution is -0.139. The van der Waals surface area contributed by atoms with Crippen molar-refractivity contribution in [1.82, 2.24) is 0 Å². The largest absolute Gasteiger partial charge is 0.480 e. The Balaban J connectivity index is 4.02. The summed E-state index contributed by atoms with van der Waals surface area (Å²) in [5.74, 6) is -3.24. The molecule has 0 aromatic carbocycles. The van der Waals surface area contributed by atoms with Crippen LogP contribution in [0.2, 0.25) is 0 Å². The number of halogens is 1. The summed E-state index contributed by atoms with van der Waals surface area (Å²) in [6.45, 7) is -0.976. The molecule has 1 amide bonds. The van der Waals surface area contributed by atoms with E-state index in [-0.39, 0.29) is 6.42 Å². The van der Waals surface area contributed by atoms with Crippen molar-refractivity contribution in [1.29, 1.82) is 0 Å². The highest BCUT2D eigenvalue weighted by Crippen LogP contribution is 2.05. The summed E-state index contributed by atoms with van der Waals surface area (Å²) in [7, 11) is 0. The highest BCUT2D eigenvalue weighted by Gasteiger charge is 2.22. The molecular weight excluding hydrogens is 167 g/mol. The SMILES string of the molecule is NC(=O)[C@@H](CF)CC(N)C(=O)O. The number of carboxylic acids is 1. The number of alkyl halides is 1. The summed E-state index contributed by atoms with van der Waals surface area (Å²) in [6.07, 6.45) is -0.263. The van der Waals surface area contributed by atoms with Crippen molar-refractivity contribution < 1.29 is 19.1 Å². The van der Waals surface area contributed by atoms with Crippen LogP contribution in [-0.4, -0.2) is 29.7 Å². The second-order valence-corrected chi connectivity index (χ2v) is 2.43. The Kier molecular flexibility index (Phi) is 4.20. The fourth-order valence-electron chi connectivity index (χ4n) is 0.663. The maximum Gasteiger partial charge on any atom is 0.320 e. The summed E-state index contributed by atoms with van der Waals surface area (Å²) < 4.78 is 12.0. The predicted octanol–water partition coefficient (Wildman–Crippen LogP) is -1.14. The fraction of sp³-hybridized carbons (Fsp3) is 0.667. The van der Waals surface area contributed by atoms with E-state index in [4.69, 9.17) is 16.6 Å². The molecule has 5 N–H and O–H groups in total. The second-order valence-electron chi connectivity index (χ2n) is 2.43. The minimum Gasteiger partial charge on any atom is -0.480 e. The van der Waals surface area contributed by atoms with Crippen molar-refractivity contribution >= 4 is 11.9 Å². The Labute approximate surface area is 68.5 Å². The van der Waals surface area contributed by atoms with Crippen LogP contribution >= 0.6 is 0 Å². The van der Waals surface area contributed by atoms with Gasteiger partial charge in [-0.1, -0.05) is 0 Å². The summed E-state index contributed by atoms with van der Waals surface area (Å²) in [6, 6.07) is -1.24. The molecule has 1 unspecified atom stereocenters. The van der Waals surface area contributed by atoms with E-state index in [0.717, 1.165) is 0 Å². The molecule has 0 rings (SSSR count). The van der Waals surface area contributed by atoms with Crippen molar-refractivity contribution in [2.75, 3.05) is 6.67 Å². The predicted molar refractivity (Wildman–Crippen MR) is 38.9 cm³/mol. The van der Waals surface area contributed by atoms with Gasteiger partial charge in [-0.2, -0.15) is 0 Å². The first kappa shape index (κ1) is 10.8. The van der Waals surface area contributed by atoms with Crippen molar-refractivity contribution in [3.05, 3.63) is 0 Å². The van der Waals surface area contributed by atoms with Gasteiger partial charge in [0.15, 0.2) is 0 Å². The van der Waals surface area contributed by atoms with Gasteiger partial charge in [0, 0.05) is 0 Å². The summed E-state index contributed by atoms with van der Waals surface area (Å²) >= 11 is 0. The molecule has 0 radical (unpaired) electrons. The van der Waals surface area contributed by atoms with Gasteiger partial charge in [0.2, 0.25) is 5.91 Å². The molecule has 0 spiro atoms. The first-order chi connectivity index (χ1) is 5.49. The van der Waals surface area contributed by atoms with Gasteiger partial charge in [0.1, 0.15) is 12.7 Å². The second kappa shape index (κ2) is 4.66. The van der Waals surface area contributed by atoms with Gasteiger partial charge < -0.3 is 16.6 Å². The maximum absolute atomic E-state index is 12.0. The van der Waals surface area contributed by atoms with E-state index in [2.05, 4.69) is 0 Å². The minimum absolute atomic E-state index is 0.263. The van der Waals surface area contributed by atoms with E-state index < -0.39 is 30.5 Å². The molecule has 0 aliphatic carbocycles. The van der Waals surface area contributed by atoms with E-state index in [1.54, 1.807) is 0 Å². The van der Waals surface area contributed by atoms with E-state index >= 15 is 0 Å². The van der Waals surface area contributed by atoms with Gasteiger partial charge >= 0.3 is 5.97 Å². The topological polar surface area (TPSA) is 106 Å².